The Bertz CT molecular complexity index is 1630. The molecule has 3 atom stereocenters. The highest BCUT2D eigenvalue weighted by molar-refractivity contribution is 5.66. The molecule has 4 aromatic rings. The standard InChI is InChI=1S/C31H28N2O4/c1-18-16-19(2)26-23(17-18)37-31(21-11-13-22(36-3)14-12-21)27(20-8-5-4-6-9-20)25-28(30(26,31)35)32-24-10-7-15-33(24)29(25)34/h4-6,8-9,11-14,16-17,27,35H,7,10,15H2,1-3H3/t27-,30-,31-/m0/s1. The summed E-state index contributed by atoms with van der Waals surface area (Å²) in [6.07, 6.45) is 1.58. The fourth-order valence-corrected chi connectivity index (χ4v) is 6.96. The number of benzene rings is 3. The first kappa shape index (κ1) is 22.3. The van der Waals surface area contributed by atoms with Gasteiger partial charge in [-0.2, -0.15) is 0 Å². The summed E-state index contributed by atoms with van der Waals surface area (Å²) in [7, 11) is 1.63. The van der Waals surface area contributed by atoms with E-state index in [4.69, 9.17) is 14.5 Å². The van der Waals surface area contributed by atoms with Crippen molar-refractivity contribution in [1.82, 2.24) is 9.55 Å². The lowest BCUT2D eigenvalue weighted by Crippen LogP contribution is -2.49. The first-order chi connectivity index (χ1) is 17.9. The molecule has 7 rings (SSSR count). The Morgan fingerprint density at radius 2 is 1.84 bits per heavy atom. The SMILES string of the molecule is COc1ccc([C@@]23Oc4cc(C)cc(C)c4[C@]2(O)c2nc4n(c(=O)c2[C@@H]3c2ccccc2)CCC4)cc1. The molecular formula is C31H28N2O4. The van der Waals surface area contributed by atoms with Crippen molar-refractivity contribution in [2.75, 3.05) is 7.11 Å². The number of aliphatic hydroxyl groups is 1. The van der Waals surface area contributed by atoms with Crippen LogP contribution in [0.4, 0.5) is 0 Å². The van der Waals surface area contributed by atoms with E-state index in [0.29, 0.717) is 41.3 Å². The summed E-state index contributed by atoms with van der Waals surface area (Å²) < 4.78 is 14.2. The zero-order valence-electron chi connectivity index (χ0n) is 21.1. The minimum absolute atomic E-state index is 0.0861. The summed E-state index contributed by atoms with van der Waals surface area (Å²) in [5.74, 6) is 1.49. The van der Waals surface area contributed by atoms with Crippen LogP contribution in [0.2, 0.25) is 0 Å². The number of fused-ring (bicyclic) bond motifs is 6. The van der Waals surface area contributed by atoms with E-state index in [9.17, 15) is 9.90 Å². The van der Waals surface area contributed by atoms with Crippen LogP contribution in [0.5, 0.6) is 11.5 Å². The first-order valence-corrected chi connectivity index (χ1v) is 12.8. The van der Waals surface area contributed by atoms with Gasteiger partial charge in [0.25, 0.3) is 5.56 Å². The highest BCUT2D eigenvalue weighted by atomic mass is 16.5. The Labute approximate surface area is 215 Å². The summed E-state index contributed by atoms with van der Waals surface area (Å²) in [5, 5.41) is 13.2. The van der Waals surface area contributed by atoms with Gasteiger partial charge in [0.2, 0.25) is 0 Å². The van der Waals surface area contributed by atoms with Crippen molar-refractivity contribution < 1.29 is 14.6 Å². The molecule has 1 N–H and O–H groups in total. The second-order valence-electron chi connectivity index (χ2n) is 10.4. The number of methoxy groups -OCH3 is 1. The molecule has 0 radical (unpaired) electrons. The Morgan fingerprint density at radius 1 is 1.08 bits per heavy atom. The zero-order chi connectivity index (χ0) is 25.5. The van der Waals surface area contributed by atoms with Gasteiger partial charge in [0.05, 0.1) is 24.3 Å². The number of aryl methyl sites for hydroxylation is 3. The zero-order valence-corrected chi connectivity index (χ0v) is 21.1. The maximum atomic E-state index is 14.2. The van der Waals surface area contributed by atoms with Crippen LogP contribution in [0, 0.1) is 13.8 Å². The van der Waals surface area contributed by atoms with Crippen LogP contribution in [0.25, 0.3) is 0 Å². The highest BCUT2D eigenvalue weighted by Gasteiger charge is 2.73. The Balaban J connectivity index is 1.65. The van der Waals surface area contributed by atoms with Gasteiger partial charge in [-0.05, 0) is 55.2 Å². The molecule has 3 aromatic carbocycles. The summed E-state index contributed by atoms with van der Waals surface area (Å²) in [5.41, 5.74) is 2.16. The number of hydrogen-bond donors (Lipinski definition) is 1. The summed E-state index contributed by atoms with van der Waals surface area (Å²) in [6.45, 7) is 4.65. The highest BCUT2D eigenvalue weighted by Crippen LogP contribution is 2.68. The fraction of sp³-hybridized carbons (Fsp3) is 0.290. The average Bonchev–Trinajstić information content (AvgIpc) is 3.53. The fourth-order valence-electron chi connectivity index (χ4n) is 6.96. The van der Waals surface area contributed by atoms with Crippen LogP contribution in [0.1, 0.15) is 57.2 Å². The predicted octanol–water partition coefficient (Wildman–Crippen LogP) is 4.48. The van der Waals surface area contributed by atoms with Crippen LogP contribution in [-0.4, -0.2) is 21.8 Å². The number of hydrogen-bond acceptors (Lipinski definition) is 5. The number of ether oxygens (including phenoxy) is 2. The molecule has 0 saturated heterocycles. The predicted molar refractivity (Wildman–Crippen MR) is 139 cm³/mol. The molecular weight excluding hydrogens is 464 g/mol. The monoisotopic (exact) mass is 492 g/mol. The third kappa shape index (κ3) is 2.68. The molecule has 2 aliphatic heterocycles. The molecule has 1 aromatic heterocycles. The van der Waals surface area contributed by atoms with Crippen LogP contribution in [0.3, 0.4) is 0 Å². The number of aromatic nitrogens is 2. The first-order valence-electron chi connectivity index (χ1n) is 12.8. The summed E-state index contributed by atoms with van der Waals surface area (Å²) in [4.78, 5) is 19.2. The number of nitrogens with zero attached hydrogens (tertiary/aromatic N) is 2. The van der Waals surface area contributed by atoms with Gasteiger partial charge in [0, 0.05) is 24.1 Å². The van der Waals surface area contributed by atoms with Crippen molar-refractivity contribution >= 4 is 0 Å². The van der Waals surface area contributed by atoms with E-state index in [-0.39, 0.29) is 5.56 Å². The van der Waals surface area contributed by atoms with Gasteiger partial charge in [-0.15, -0.1) is 0 Å². The molecule has 6 heteroatoms. The molecule has 0 amide bonds. The molecule has 3 aliphatic rings. The van der Waals surface area contributed by atoms with Crippen molar-refractivity contribution in [3.05, 3.63) is 122 Å². The molecule has 37 heavy (non-hydrogen) atoms. The molecule has 1 aliphatic carbocycles. The van der Waals surface area contributed by atoms with Crippen molar-refractivity contribution in [2.45, 2.75) is 50.4 Å². The van der Waals surface area contributed by atoms with Gasteiger partial charge in [-0.1, -0.05) is 48.5 Å². The molecule has 186 valence electrons. The second-order valence-corrected chi connectivity index (χ2v) is 10.4. The van der Waals surface area contributed by atoms with Crippen molar-refractivity contribution in [3.63, 3.8) is 0 Å². The molecule has 0 saturated carbocycles. The van der Waals surface area contributed by atoms with Crippen molar-refractivity contribution in [2.24, 2.45) is 0 Å². The van der Waals surface area contributed by atoms with Crippen molar-refractivity contribution in [3.8, 4) is 11.5 Å². The van der Waals surface area contributed by atoms with E-state index in [1.807, 2.05) is 74.5 Å². The minimum Gasteiger partial charge on any atom is -0.497 e. The molecule has 0 spiro atoms. The quantitative estimate of drug-likeness (QED) is 0.456. The lowest BCUT2D eigenvalue weighted by atomic mass is 9.69. The summed E-state index contributed by atoms with van der Waals surface area (Å²) in [6, 6.07) is 21.5. The van der Waals surface area contributed by atoms with Gasteiger partial charge in [0.1, 0.15) is 17.3 Å². The van der Waals surface area contributed by atoms with Gasteiger partial charge >= 0.3 is 0 Å². The van der Waals surface area contributed by atoms with Crippen LogP contribution < -0.4 is 15.0 Å². The maximum Gasteiger partial charge on any atom is 0.257 e. The summed E-state index contributed by atoms with van der Waals surface area (Å²) >= 11 is 0. The van der Waals surface area contributed by atoms with E-state index >= 15 is 0 Å². The third-order valence-electron chi connectivity index (χ3n) is 8.37. The Hall–Kier alpha value is -3.90. The smallest absolute Gasteiger partial charge is 0.257 e. The molecule has 0 unspecified atom stereocenters. The van der Waals surface area contributed by atoms with E-state index in [0.717, 1.165) is 34.5 Å². The molecule has 0 bridgehead atoms. The van der Waals surface area contributed by atoms with Crippen LogP contribution >= 0.6 is 0 Å². The molecule has 0 fully saturated rings. The lowest BCUT2D eigenvalue weighted by Gasteiger charge is -2.40. The Kier molecular flexibility index (Phi) is 4.56. The van der Waals surface area contributed by atoms with E-state index in [2.05, 4.69) is 6.07 Å². The van der Waals surface area contributed by atoms with E-state index in [1.165, 1.54) is 0 Å². The second kappa shape index (κ2) is 7.56. The maximum absolute atomic E-state index is 14.2. The van der Waals surface area contributed by atoms with Gasteiger partial charge < -0.3 is 14.6 Å². The largest absolute Gasteiger partial charge is 0.497 e. The van der Waals surface area contributed by atoms with Gasteiger partial charge in [-0.25, -0.2) is 4.98 Å². The van der Waals surface area contributed by atoms with Crippen LogP contribution in [0.15, 0.2) is 71.5 Å². The van der Waals surface area contributed by atoms with Crippen molar-refractivity contribution in [1.29, 1.82) is 0 Å². The lowest BCUT2D eigenvalue weighted by molar-refractivity contribution is -0.0907. The van der Waals surface area contributed by atoms with E-state index < -0.39 is 17.1 Å². The number of rotatable bonds is 3. The minimum atomic E-state index is -1.66. The van der Waals surface area contributed by atoms with E-state index in [1.54, 1.807) is 11.7 Å². The average molecular weight is 493 g/mol. The van der Waals surface area contributed by atoms with Crippen LogP contribution in [-0.2, 0) is 24.2 Å². The topological polar surface area (TPSA) is 73.6 Å². The third-order valence-corrected chi connectivity index (χ3v) is 8.37. The molecule has 6 nitrogen and oxygen atoms in total. The molecule has 3 heterocycles. The normalized spacial score (nSPS) is 24.7. The Morgan fingerprint density at radius 3 is 2.57 bits per heavy atom. The van der Waals surface area contributed by atoms with Gasteiger partial charge in [0.15, 0.2) is 11.2 Å². The van der Waals surface area contributed by atoms with Gasteiger partial charge in [-0.3, -0.25) is 9.36 Å².